The van der Waals surface area contributed by atoms with Gasteiger partial charge in [0.1, 0.15) is 0 Å². The molecule has 17 heavy (non-hydrogen) atoms. The van der Waals surface area contributed by atoms with E-state index in [0.29, 0.717) is 32.7 Å². The predicted octanol–water partition coefficient (Wildman–Crippen LogP) is 0.313. The van der Waals surface area contributed by atoms with Crippen molar-refractivity contribution < 1.29 is 9.59 Å². The summed E-state index contributed by atoms with van der Waals surface area (Å²) in [5, 5.41) is 2.74. The van der Waals surface area contributed by atoms with Gasteiger partial charge in [-0.2, -0.15) is 0 Å². The molecule has 100 valence electrons. The van der Waals surface area contributed by atoms with Crippen LogP contribution in [0.1, 0.15) is 27.7 Å². The van der Waals surface area contributed by atoms with E-state index in [1.165, 1.54) is 0 Å². The molecule has 0 heterocycles. The maximum absolute atomic E-state index is 11.9. The van der Waals surface area contributed by atoms with Crippen molar-refractivity contribution in [3.63, 3.8) is 0 Å². The lowest BCUT2D eigenvalue weighted by Crippen LogP contribution is -2.44. The van der Waals surface area contributed by atoms with Crippen molar-refractivity contribution in [2.24, 2.45) is 0 Å². The summed E-state index contributed by atoms with van der Waals surface area (Å²) < 4.78 is 0. The second-order valence-electron chi connectivity index (χ2n) is 3.82. The van der Waals surface area contributed by atoms with Gasteiger partial charge in [0.15, 0.2) is 0 Å². The Labute approximate surface area is 104 Å². The fourth-order valence-electron chi connectivity index (χ4n) is 1.60. The van der Waals surface area contributed by atoms with Crippen molar-refractivity contribution in [2.45, 2.75) is 27.7 Å². The molecule has 5 nitrogen and oxygen atoms in total. The van der Waals surface area contributed by atoms with Crippen LogP contribution in [0.2, 0.25) is 0 Å². The summed E-state index contributed by atoms with van der Waals surface area (Å²) in [6.45, 7) is 11.1. The standard InChI is InChI=1S/C12H25N3O2/c1-5-13-11(16)9-14(6-2)10-12(17)15(7-3)8-4/h5-10H2,1-4H3,(H,13,16). The van der Waals surface area contributed by atoms with E-state index in [4.69, 9.17) is 0 Å². The minimum absolute atomic E-state index is 0.0262. The van der Waals surface area contributed by atoms with Crippen LogP contribution < -0.4 is 5.32 Å². The van der Waals surface area contributed by atoms with Gasteiger partial charge in [0.25, 0.3) is 0 Å². The van der Waals surface area contributed by atoms with Crippen molar-refractivity contribution >= 4 is 11.8 Å². The first-order valence-electron chi connectivity index (χ1n) is 6.35. The van der Waals surface area contributed by atoms with Crippen LogP contribution in [0.4, 0.5) is 0 Å². The van der Waals surface area contributed by atoms with E-state index in [1.807, 2.05) is 32.6 Å². The largest absolute Gasteiger partial charge is 0.355 e. The smallest absolute Gasteiger partial charge is 0.236 e. The second-order valence-corrected chi connectivity index (χ2v) is 3.82. The summed E-state index contributed by atoms with van der Waals surface area (Å²) in [5.74, 6) is 0.0582. The van der Waals surface area contributed by atoms with E-state index < -0.39 is 0 Å². The molecule has 0 saturated carbocycles. The van der Waals surface area contributed by atoms with Crippen LogP contribution >= 0.6 is 0 Å². The number of nitrogens with zero attached hydrogens (tertiary/aromatic N) is 2. The Morgan fingerprint density at radius 3 is 1.94 bits per heavy atom. The van der Waals surface area contributed by atoms with Gasteiger partial charge >= 0.3 is 0 Å². The maximum Gasteiger partial charge on any atom is 0.236 e. The van der Waals surface area contributed by atoms with Crippen LogP contribution in [0.25, 0.3) is 0 Å². The number of rotatable bonds is 8. The van der Waals surface area contributed by atoms with Crippen LogP contribution in [0, 0.1) is 0 Å². The Kier molecular flexibility index (Phi) is 8.40. The van der Waals surface area contributed by atoms with Gasteiger partial charge in [-0.15, -0.1) is 0 Å². The van der Waals surface area contributed by atoms with E-state index in [-0.39, 0.29) is 18.4 Å². The number of hydrogen-bond donors (Lipinski definition) is 1. The van der Waals surface area contributed by atoms with E-state index in [9.17, 15) is 9.59 Å². The first kappa shape index (κ1) is 15.9. The zero-order valence-corrected chi connectivity index (χ0v) is 11.5. The third-order valence-electron chi connectivity index (χ3n) is 2.66. The quantitative estimate of drug-likeness (QED) is 0.667. The van der Waals surface area contributed by atoms with Gasteiger partial charge in [0.2, 0.25) is 11.8 Å². The summed E-state index contributed by atoms with van der Waals surface area (Å²) in [7, 11) is 0. The maximum atomic E-state index is 11.9. The molecule has 0 rings (SSSR count). The molecule has 0 radical (unpaired) electrons. The SMILES string of the molecule is CCNC(=O)CN(CC)CC(=O)N(CC)CC. The third-order valence-corrected chi connectivity index (χ3v) is 2.66. The Morgan fingerprint density at radius 1 is 0.941 bits per heavy atom. The van der Waals surface area contributed by atoms with Crippen LogP contribution in [0.3, 0.4) is 0 Å². The normalized spacial score (nSPS) is 10.4. The Morgan fingerprint density at radius 2 is 1.53 bits per heavy atom. The van der Waals surface area contributed by atoms with Crippen molar-refractivity contribution in [1.29, 1.82) is 0 Å². The zero-order valence-electron chi connectivity index (χ0n) is 11.5. The molecule has 2 amide bonds. The van der Waals surface area contributed by atoms with Gasteiger partial charge in [0.05, 0.1) is 13.1 Å². The minimum atomic E-state index is -0.0262. The minimum Gasteiger partial charge on any atom is -0.355 e. The van der Waals surface area contributed by atoms with Gasteiger partial charge in [0, 0.05) is 19.6 Å². The lowest BCUT2D eigenvalue weighted by Gasteiger charge is -2.24. The third kappa shape index (κ3) is 6.26. The highest BCUT2D eigenvalue weighted by molar-refractivity contribution is 5.81. The number of amides is 2. The number of hydrogen-bond acceptors (Lipinski definition) is 3. The molecular formula is C12H25N3O2. The zero-order chi connectivity index (χ0) is 13.3. The van der Waals surface area contributed by atoms with Gasteiger partial charge in [-0.3, -0.25) is 14.5 Å². The van der Waals surface area contributed by atoms with Crippen LogP contribution in [-0.4, -0.2) is 60.9 Å². The molecular weight excluding hydrogens is 218 g/mol. The Hall–Kier alpha value is -1.10. The average molecular weight is 243 g/mol. The van der Waals surface area contributed by atoms with E-state index in [0.717, 1.165) is 0 Å². The van der Waals surface area contributed by atoms with Crippen molar-refractivity contribution in [1.82, 2.24) is 15.1 Å². The summed E-state index contributed by atoms with van der Waals surface area (Å²) in [6.07, 6.45) is 0. The molecule has 5 heteroatoms. The molecule has 0 bridgehead atoms. The predicted molar refractivity (Wildman–Crippen MR) is 68.7 cm³/mol. The fourth-order valence-corrected chi connectivity index (χ4v) is 1.60. The number of nitrogens with one attached hydrogen (secondary N) is 1. The molecule has 0 aliphatic rings. The lowest BCUT2D eigenvalue weighted by atomic mass is 10.4. The van der Waals surface area contributed by atoms with Crippen LogP contribution in [0.5, 0.6) is 0 Å². The number of carbonyl (C=O) groups is 2. The van der Waals surface area contributed by atoms with Crippen molar-refractivity contribution in [3.05, 3.63) is 0 Å². The molecule has 0 aromatic rings. The monoisotopic (exact) mass is 243 g/mol. The topological polar surface area (TPSA) is 52.7 Å². The molecule has 0 aromatic carbocycles. The molecule has 0 aliphatic heterocycles. The summed E-state index contributed by atoms with van der Waals surface area (Å²) in [5.41, 5.74) is 0. The average Bonchev–Trinajstić information content (AvgIpc) is 2.30. The summed E-state index contributed by atoms with van der Waals surface area (Å²) >= 11 is 0. The summed E-state index contributed by atoms with van der Waals surface area (Å²) in [6, 6.07) is 0. The van der Waals surface area contributed by atoms with Gasteiger partial charge in [-0.25, -0.2) is 0 Å². The van der Waals surface area contributed by atoms with Gasteiger partial charge in [-0.1, -0.05) is 6.92 Å². The Bertz CT molecular complexity index is 240. The molecule has 0 aliphatic carbocycles. The fraction of sp³-hybridized carbons (Fsp3) is 0.833. The van der Waals surface area contributed by atoms with E-state index in [1.54, 1.807) is 4.90 Å². The second kappa shape index (κ2) is 8.98. The van der Waals surface area contributed by atoms with Crippen LogP contribution in [0.15, 0.2) is 0 Å². The molecule has 1 N–H and O–H groups in total. The molecule has 0 aromatic heterocycles. The lowest BCUT2D eigenvalue weighted by molar-refractivity contribution is -0.132. The molecule has 0 unspecified atom stereocenters. The molecule has 0 spiro atoms. The highest BCUT2D eigenvalue weighted by atomic mass is 16.2. The Balaban J connectivity index is 4.20. The first-order valence-corrected chi connectivity index (χ1v) is 6.35. The van der Waals surface area contributed by atoms with Gasteiger partial charge in [-0.05, 0) is 27.3 Å². The van der Waals surface area contributed by atoms with Crippen molar-refractivity contribution in [2.75, 3.05) is 39.3 Å². The highest BCUT2D eigenvalue weighted by Gasteiger charge is 2.15. The van der Waals surface area contributed by atoms with E-state index in [2.05, 4.69) is 5.32 Å². The molecule has 0 atom stereocenters. The number of carbonyl (C=O) groups excluding carboxylic acids is 2. The highest BCUT2D eigenvalue weighted by Crippen LogP contribution is 1.94. The molecule has 0 fully saturated rings. The van der Waals surface area contributed by atoms with Gasteiger partial charge < -0.3 is 10.2 Å². The first-order chi connectivity index (χ1) is 8.08. The van der Waals surface area contributed by atoms with Crippen molar-refractivity contribution in [3.8, 4) is 0 Å². The molecule has 0 saturated heterocycles. The van der Waals surface area contributed by atoms with Crippen LogP contribution in [-0.2, 0) is 9.59 Å². The van der Waals surface area contributed by atoms with E-state index >= 15 is 0 Å². The summed E-state index contributed by atoms with van der Waals surface area (Å²) in [4.78, 5) is 26.9. The number of likely N-dealkylation sites (N-methyl/N-ethyl adjacent to an activating group) is 3.